The summed E-state index contributed by atoms with van der Waals surface area (Å²) in [4.78, 5) is 15.3. The van der Waals surface area contributed by atoms with Crippen LogP contribution < -0.4 is 5.32 Å². The Morgan fingerprint density at radius 1 is 1.33 bits per heavy atom. The molecule has 1 aromatic carbocycles. The van der Waals surface area contributed by atoms with Gasteiger partial charge in [0, 0.05) is 10.9 Å². The number of hydrogen-bond donors (Lipinski definition) is 1. The lowest BCUT2D eigenvalue weighted by Gasteiger charge is -2.29. The summed E-state index contributed by atoms with van der Waals surface area (Å²) in [5.74, 6) is 0.662. The number of nitrogens with zero attached hydrogens (tertiary/aromatic N) is 1. The molecule has 1 fully saturated rings. The molecule has 0 unspecified atom stereocenters. The zero-order chi connectivity index (χ0) is 12.8. The Morgan fingerprint density at radius 3 is 2.67 bits per heavy atom. The quantitative estimate of drug-likeness (QED) is 0.844. The fourth-order valence-electron chi connectivity index (χ4n) is 2.09. The average Bonchev–Trinajstić information content (AvgIpc) is 2.40. The van der Waals surface area contributed by atoms with Gasteiger partial charge in [0.15, 0.2) is 0 Å². The minimum atomic E-state index is 0.151. The van der Waals surface area contributed by atoms with Gasteiger partial charge in [-0.25, -0.2) is 0 Å². The molecule has 1 heterocycles. The first kappa shape index (κ1) is 13.4. The molecule has 1 amide bonds. The maximum Gasteiger partial charge on any atom is 0.230 e. The molecule has 0 aromatic heterocycles. The normalized spacial score (nSPS) is 17.6. The fourth-order valence-corrected chi connectivity index (χ4v) is 2.82. The lowest BCUT2D eigenvalue weighted by atomic mass is 10.1. The van der Waals surface area contributed by atoms with Crippen molar-refractivity contribution in [3.05, 3.63) is 30.3 Å². The van der Waals surface area contributed by atoms with E-state index in [2.05, 4.69) is 17.3 Å². The molecule has 0 aliphatic carbocycles. The van der Waals surface area contributed by atoms with Gasteiger partial charge >= 0.3 is 0 Å². The first-order valence-electron chi connectivity index (χ1n) is 6.40. The van der Waals surface area contributed by atoms with Crippen LogP contribution in [0.5, 0.6) is 0 Å². The van der Waals surface area contributed by atoms with E-state index in [1.807, 2.05) is 30.3 Å². The van der Waals surface area contributed by atoms with Gasteiger partial charge in [-0.15, -0.1) is 11.8 Å². The van der Waals surface area contributed by atoms with E-state index in [1.54, 1.807) is 11.8 Å². The van der Waals surface area contributed by atoms with E-state index in [9.17, 15) is 4.79 Å². The van der Waals surface area contributed by atoms with Crippen molar-refractivity contribution >= 4 is 17.7 Å². The molecule has 1 N–H and O–H groups in total. The summed E-state index contributed by atoms with van der Waals surface area (Å²) < 4.78 is 0. The molecular weight excluding hydrogens is 244 g/mol. The monoisotopic (exact) mass is 264 g/mol. The lowest BCUT2D eigenvalue weighted by molar-refractivity contribution is -0.119. The molecule has 0 spiro atoms. The molecule has 1 aromatic rings. The molecular formula is C14H20N2OS. The zero-order valence-electron chi connectivity index (χ0n) is 10.8. The number of amides is 1. The van der Waals surface area contributed by atoms with Gasteiger partial charge in [-0.3, -0.25) is 4.79 Å². The Hall–Kier alpha value is -1.00. The van der Waals surface area contributed by atoms with Crippen LogP contribution in [0.4, 0.5) is 0 Å². The molecule has 18 heavy (non-hydrogen) atoms. The molecule has 0 bridgehead atoms. The average molecular weight is 264 g/mol. The highest BCUT2D eigenvalue weighted by Gasteiger charge is 2.18. The van der Waals surface area contributed by atoms with Gasteiger partial charge in [0.1, 0.15) is 0 Å². The van der Waals surface area contributed by atoms with E-state index in [4.69, 9.17) is 0 Å². The van der Waals surface area contributed by atoms with E-state index in [-0.39, 0.29) is 5.91 Å². The molecule has 1 saturated heterocycles. The number of piperidine rings is 1. The van der Waals surface area contributed by atoms with Crippen molar-refractivity contribution in [3.63, 3.8) is 0 Å². The highest BCUT2D eigenvalue weighted by atomic mass is 32.2. The summed E-state index contributed by atoms with van der Waals surface area (Å²) in [5.41, 5.74) is 0. The number of benzene rings is 1. The van der Waals surface area contributed by atoms with Gasteiger partial charge in [0.2, 0.25) is 5.91 Å². The van der Waals surface area contributed by atoms with Crippen molar-refractivity contribution in [2.24, 2.45) is 0 Å². The number of hydrogen-bond acceptors (Lipinski definition) is 3. The maximum atomic E-state index is 11.8. The summed E-state index contributed by atoms with van der Waals surface area (Å²) in [6.45, 7) is 2.16. The fraction of sp³-hybridized carbons (Fsp3) is 0.500. The summed E-state index contributed by atoms with van der Waals surface area (Å²) in [6, 6.07) is 10.4. The molecule has 0 atom stereocenters. The van der Waals surface area contributed by atoms with Gasteiger partial charge < -0.3 is 10.2 Å². The standard InChI is InChI=1S/C14H20N2OS/c1-16-9-7-12(8-10-16)15-14(17)11-18-13-5-3-2-4-6-13/h2-6,12H,7-11H2,1H3,(H,15,17). The number of carbonyl (C=O) groups is 1. The van der Waals surface area contributed by atoms with Gasteiger partial charge in [-0.05, 0) is 45.1 Å². The molecule has 0 saturated carbocycles. The Bertz CT molecular complexity index is 375. The third-order valence-corrected chi connectivity index (χ3v) is 4.21. The second-order valence-electron chi connectivity index (χ2n) is 4.75. The predicted octanol–water partition coefficient (Wildman–Crippen LogP) is 1.99. The number of carbonyl (C=O) groups excluding carboxylic acids is 1. The Morgan fingerprint density at radius 2 is 2.00 bits per heavy atom. The van der Waals surface area contributed by atoms with Crippen LogP contribution in [0.1, 0.15) is 12.8 Å². The van der Waals surface area contributed by atoms with Gasteiger partial charge in [-0.1, -0.05) is 18.2 Å². The van der Waals surface area contributed by atoms with Crippen LogP contribution in [0.2, 0.25) is 0 Å². The first-order valence-corrected chi connectivity index (χ1v) is 7.38. The number of likely N-dealkylation sites (tertiary alicyclic amines) is 1. The highest BCUT2D eigenvalue weighted by Crippen LogP contribution is 2.16. The van der Waals surface area contributed by atoms with E-state index >= 15 is 0 Å². The zero-order valence-corrected chi connectivity index (χ0v) is 11.6. The highest BCUT2D eigenvalue weighted by molar-refractivity contribution is 8.00. The van der Waals surface area contributed by atoms with Crippen LogP contribution in [-0.4, -0.2) is 42.7 Å². The molecule has 4 heteroatoms. The smallest absolute Gasteiger partial charge is 0.230 e. The summed E-state index contributed by atoms with van der Waals surface area (Å²) in [6.07, 6.45) is 2.14. The molecule has 0 radical (unpaired) electrons. The third-order valence-electron chi connectivity index (χ3n) is 3.20. The summed E-state index contributed by atoms with van der Waals surface area (Å²) in [7, 11) is 2.13. The molecule has 1 aliphatic heterocycles. The number of thioether (sulfide) groups is 1. The lowest BCUT2D eigenvalue weighted by Crippen LogP contribution is -2.43. The van der Waals surface area contributed by atoms with Crippen LogP contribution in [0.25, 0.3) is 0 Å². The van der Waals surface area contributed by atoms with E-state index in [0.29, 0.717) is 11.8 Å². The van der Waals surface area contributed by atoms with Crippen LogP contribution >= 0.6 is 11.8 Å². The Kier molecular flexibility index (Phi) is 5.08. The maximum absolute atomic E-state index is 11.8. The summed E-state index contributed by atoms with van der Waals surface area (Å²) in [5, 5.41) is 3.12. The predicted molar refractivity (Wildman–Crippen MR) is 75.8 cm³/mol. The van der Waals surface area contributed by atoms with Crippen molar-refractivity contribution in [1.29, 1.82) is 0 Å². The molecule has 98 valence electrons. The van der Waals surface area contributed by atoms with Crippen molar-refractivity contribution < 1.29 is 4.79 Å². The van der Waals surface area contributed by atoms with Crippen molar-refractivity contribution in [2.45, 2.75) is 23.8 Å². The van der Waals surface area contributed by atoms with Crippen LogP contribution in [0.15, 0.2) is 35.2 Å². The van der Waals surface area contributed by atoms with E-state index < -0.39 is 0 Å². The van der Waals surface area contributed by atoms with Gasteiger partial charge in [-0.2, -0.15) is 0 Å². The topological polar surface area (TPSA) is 32.3 Å². The SMILES string of the molecule is CN1CCC(NC(=O)CSc2ccccc2)CC1. The Balaban J connectivity index is 1.69. The minimum absolute atomic E-state index is 0.151. The third kappa shape index (κ3) is 4.35. The molecule has 3 nitrogen and oxygen atoms in total. The van der Waals surface area contributed by atoms with Crippen LogP contribution in [-0.2, 0) is 4.79 Å². The van der Waals surface area contributed by atoms with Crippen molar-refractivity contribution in [2.75, 3.05) is 25.9 Å². The number of nitrogens with one attached hydrogen (secondary N) is 1. The van der Waals surface area contributed by atoms with Crippen molar-refractivity contribution in [3.8, 4) is 0 Å². The van der Waals surface area contributed by atoms with E-state index in [1.165, 1.54) is 0 Å². The van der Waals surface area contributed by atoms with Crippen LogP contribution in [0, 0.1) is 0 Å². The second kappa shape index (κ2) is 6.81. The molecule has 1 aliphatic rings. The second-order valence-corrected chi connectivity index (χ2v) is 5.80. The van der Waals surface area contributed by atoms with Gasteiger partial charge in [0.05, 0.1) is 5.75 Å². The first-order chi connectivity index (χ1) is 8.74. The minimum Gasteiger partial charge on any atom is -0.353 e. The number of rotatable bonds is 4. The molecule has 2 rings (SSSR count). The Labute approximate surface area is 113 Å². The largest absolute Gasteiger partial charge is 0.353 e. The summed E-state index contributed by atoms with van der Waals surface area (Å²) >= 11 is 1.60. The van der Waals surface area contributed by atoms with Gasteiger partial charge in [0.25, 0.3) is 0 Å². The van der Waals surface area contributed by atoms with E-state index in [0.717, 1.165) is 30.8 Å². The van der Waals surface area contributed by atoms with Crippen LogP contribution in [0.3, 0.4) is 0 Å². The van der Waals surface area contributed by atoms with Crippen molar-refractivity contribution in [1.82, 2.24) is 10.2 Å².